The number of nitrogens with one attached hydrogen (secondary N) is 1. The summed E-state index contributed by atoms with van der Waals surface area (Å²) in [6, 6.07) is 15.3. The molecule has 1 atom stereocenters. The van der Waals surface area contributed by atoms with E-state index in [-0.39, 0.29) is 12.5 Å². The fourth-order valence-corrected chi connectivity index (χ4v) is 3.50. The molecule has 0 heterocycles. The van der Waals surface area contributed by atoms with Crippen molar-refractivity contribution in [3.05, 3.63) is 59.7 Å². The number of aryl methyl sites for hydroxylation is 1. The Bertz CT molecular complexity index is 717. The van der Waals surface area contributed by atoms with Gasteiger partial charge in [0, 0.05) is 22.9 Å². The minimum absolute atomic E-state index is 0.0586. The molecule has 0 saturated heterocycles. The van der Waals surface area contributed by atoms with Gasteiger partial charge >= 0.3 is 0 Å². The Morgan fingerprint density at radius 2 is 1.79 bits per heavy atom. The smallest absolute Gasteiger partial charge is 0.238 e. The first-order valence-electron chi connectivity index (χ1n) is 7.95. The number of benzene rings is 2. The van der Waals surface area contributed by atoms with Gasteiger partial charge in [0.05, 0.1) is 17.3 Å². The Balaban J connectivity index is 1.81. The maximum absolute atomic E-state index is 12.2. The van der Waals surface area contributed by atoms with Crippen LogP contribution in [0.15, 0.2) is 53.4 Å². The standard InChI is InChI=1S/C19H24N2O2S/c1-15-8-7-11-18(16(15)2)20-19(22)14-21(3)12-13-24(23)17-9-5-4-6-10-17/h4-11H,12-14H2,1-3H3,(H,20,22)/t24-/m0/s1. The van der Waals surface area contributed by atoms with E-state index >= 15 is 0 Å². The molecule has 24 heavy (non-hydrogen) atoms. The molecule has 0 aliphatic carbocycles. The summed E-state index contributed by atoms with van der Waals surface area (Å²) in [5, 5.41) is 2.94. The number of anilines is 1. The van der Waals surface area contributed by atoms with Crippen LogP contribution in [0.1, 0.15) is 11.1 Å². The van der Waals surface area contributed by atoms with Crippen LogP contribution in [-0.2, 0) is 15.6 Å². The number of carbonyl (C=O) groups excluding carboxylic acids is 1. The van der Waals surface area contributed by atoms with E-state index in [1.54, 1.807) is 0 Å². The molecule has 0 unspecified atom stereocenters. The van der Waals surface area contributed by atoms with Crippen molar-refractivity contribution in [2.45, 2.75) is 18.7 Å². The van der Waals surface area contributed by atoms with E-state index in [9.17, 15) is 9.00 Å². The average molecular weight is 344 g/mol. The van der Waals surface area contributed by atoms with Crippen molar-refractivity contribution in [2.24, 2.45) is 0 Å². The van der Waals surface area contributed by atoms with Crippen LogP contribution < -0.4 is 5.32 Å². The average Bonchev–Trinajstić information content (AvgIpc) is 2.57. The van der Waals surface area contributed by atoms with Crippen molar-refractivity contribution in [3.8, 4) is 0 Å². The number of hydrogen-bond acceptors (Lipinski definition) is 3. The maximum atomic E-state index is 12.2. The lowest BCUT2D eigenvalue weighted by Gasteiger charge is -2.17. The second kappa shape index (κ2) is 8.76. The molecule has 0 fully saturated rings. The first-order valence-corrected chi connectivity index (χ1v) is 9.27. The van der Waals surface area contributed by atoms with Crippen molar-refractivity contribution in [3.63, 3.8) is 0 Å². The molecule has 128 valence electrons. The van der Waals surface area contributed by atoms with E-state index in [1.165, 1.54) is 0 Å². The summed E-state index contributed by atoms with van der Waals surface area (Å²) >= 11 is 0. The third kappa shape index (κ3) is 5.28. The number of amides is 1. The van der Waals surface area contributed by atoms with Crippen molar-refractivity contribution >= 4 is 22.4 Å². The van der Waals surface area contributed by atoms with Crippen molar-refractivity contribution in [1.82, 2.24) is 4.90 Å². The van der Waals surface area contributed by atoms with E-state index in [4.69, 9.17) is 0 Å². The molecule has 0 aliphatic rings. The first-order chi connectivity index (χ1) is 11.5. The van der Waals surface area contributed by atoms with Crippen LogP contribution in [0.2, 0.25) is 0 Å². The highest BCUT2D eigenvalue weighted by Crippen LogP contribution is 2.17. The summed E-state index contributed by atoms with van der Waals surface area (Å²) in [6.07, 6.45) is 0. The maximum Gasteiger partial charge on any atom is 0.238 e. The van der Waals surface area contributed by atoms with E-state index in [0.29, 0.717) is 12.3 Å². The monoisotopic (exact) mass is 344 g/mol. The van der Waals surface area contributed by atoms with Gasteiger partial charge in [0.15, 0.2) is 0 Å². The van der Waals surface area contributed by atoms with Crippen LogP contribution in [0.4, 0.5) is 5.69 Å². The summed E-state index contributed by atoms with van der Waals surface area (Å²) in [5.74, 6) is 0.453. The molecular formula is C19H24N2O2S. The highest BCUT2D eigenvalue weighted by atomic mass is 32.2. The lowest BCUT2D eigenvalue weighted by atomic mass is 10.1. The van der Waals surface area contributed by atoms with Gasteiger partial charge in [-0.25, -0.2) is 0 Å². The van der Waals surface area contributed by atoms with Crippen LogP contribution >= 0.6 is 0 Å². The summed E-state index contributed by atoms with van der Waals surface area (Å²) in [4.78, 5) is 14.9. The largest absolute Gasteiger partial charge is 0.325 e. The fraction of sp³-hybridized carbons (Fsp3) is 0.316. The van der Waals surface area contributed by atoms with E-state index in [2.05, 4.69) is 5.32 Å². The summed E-state index contributed by atoms with van der Waals surface area (Å²) in [7, 11) is 0.829. The van der Waals surface area contributed by atoms with E-state index in [0.717, 1.165) is 21.7 Å². The second-order valence-corrected chi connectivity index (χ2v) is 7.47. The Kier molecular flexibility index (Phi) is 6.70. The molecule has 0 aromatic heterocycles. The molecule has 5 heteroatoms. The van der Waals surface area contributed by atoms with Gasteiger partial charge in [-0.05, 0) is 50.2 Å². The molecule has 4 nitrogen and oxygen atoms in total. The zero-order chi connectivity index (χ0) is 17.5. The van der Waals surface area contributed by atoms with Gasteiger partial charge in [-0.1, -0.05) is 30.3 Å². The second-order valence-electron chi connectivity index (χ2n) is 5.90. The van der Waals surface area contributed by atoms with Crippen molar-refractivity contribution < 1.29 is 9.00 Å². The third-order valence-electron chi connectivity index (χ3n) is 3.96. The quantitative estimate of drug-likeness (QED) is 0.840. The van der Waals surface area contributed by atoms with Crippen LogP contribution in [0.25, 0.3) is 0 Å². The Morgan fingerprint density at radius 1 is 1.08 bits per heavy atom. The zero-order valence-corrected chi connectivity index (χ0v) is 15.2. The van der Waals surface area contributed by atoms with Gasteiger partial charge in [0.1, 0.15) is 0 Å². The number of carbonyl (C=O) groups is 1. The molecule has 0 spiro atoms. The van der Waals surface area contributed by atoms with Crippen LogP contribution in [0.5, 0.6) is 0 Å². The molecule has 0 radical (unpaired) electrons. The van der Waals surface area contributed by atoms with Crippen LogP contribution in [-0.4, -0.2) is 40.9 Å². The minimum atomic E-state index is -1.04. The van der Waals surface area contributed by atoms with Gasteiger partial charge < -0.3 is 5.32 Å². The van der Waals surface area contributed by atoms with Gasteiger partial charge in [0.25, 0.3) is 0 Å². The fourth-order valence-electron chi connectivity index (χ4n) is 2.33. The number of likely N-dealkylation sites (N-methyl/N-ethyl adjacent to an activating group) is 1. The summed E-state index contributed by atoms with van der Waals surface area (Å²) < 4.78 is 12.2. The highest BCUT2D eigenvalue weighted by Gasteiger charge is 2.11. The molecule has 0 saturated carbocycles. The van der Waals surface area contributed by atoms with Gasteiger partial charge in [-0.15, -0.1) is 0 Å². The van der Waals surface area contributed by atoms with E-state index in [1.807, 2.05) is 74.3 Å². The Morgan fingerprint density at radius 3 is 2.50 bits per heavy atom. The normalized spacial score (nSPS) is 12.2. The molecule has 2 aromatic carbocycles. The third-order valence-corrected chi connectivity index (χ3v) is 5.31. The minimum Gasteiger partial charge on any atom is -0.325 e. The van der Waals surface area contributed by atoms with Crippen LogP contribution in [0, 0.1) is 13.8 Å². The SMILES string of the molecule is Cc1cccc(NC(=O)CN(C)CC[S@](=O)c2ccccc2)c1C. The van der Waals surface area contributed by atoms with Crippen molar-refractivity contribution in [1.29, 1.82) is 0 Å². The van der Waals surface area contributed by atoms with Crippen molar-refractivity contribution in [2.75, 3.05) is 31.2 Å². The zero-order valence-electron chi connectivity index (χ0n) is 14.4. The molecule has 1 N–H and O–H groups in total. The van der Waals surface area contributed by atoms with Gasteiger partial charge in [-0.3, -0.25) is 13.9 Å². The van der Waals surface area contributed by atoms with Crippen LogP contribution in [0.3, 0.4) is 0 Å². The molecule has 1 amide bonds. The highest BCUT2D eigenvalue weighted by molar-refractivity contribution is 7.85. The Labute approximate surface area is 146 Å². The predicted octanol–water partition coefficient (Wildman–Crippen LogP) is 2.98. The number of rotatable bonds is 7. The van der Waals surface area contributed by atoms with Gasteiger partial charge in [-0.2, -0.15) is 0 Å². The topological polar surface area (TPSA) is 49.4 Å². The number of nitrogens with zero attached hydrogens (tertiary/aromatic N) is 1. The van der Waals surface area contributed by atoms with Gasteiger partial charge in [0.2, 0.25) is 5.91 Å². The molecule has 0 bridgehead atoms. The first kappa shape index (κ1) is 18.4. The Hall–Kier alpha value is -1.98. The molecule has 2 rings (SSSR count). The molecule has 2 aromatic rings. The number of hydrogen-bond donors (Lipinski definition) is 1. The predicted molar refractivity (Wildman–Crippen MR) is 99.8 cm³/mol. The lowest BCUT2D eigenvalue weighted by molar-refractivity contribution is -0.117. The molecule has 0 aliphatic heterocycles. The summed E-state index contributed by atoms with van der Waals surface area (Å²) in [5.41, 5.74) is 3.08. The summed E-state index contributed by atoms with van der Waals surface area (Å²) in [6.45, 7) is 4.90. The van der Waals surface area contributed by atoms with E-state index < -0.39 is 10.8 Å². The lowest BCUT2D eigenvalue weighted by Crippen LogP contribution is -2.33. The molecular weight excluding hydrogens is 320 g/mol.